The molecular weight excluding hydrogens is 182 g/mol. The van der Waals surface area contributed by atoms with Gasteiger partial charge in [0.05, 0.1) is 20.8 Å². The number of ether oxygens (including phenoxy) is 2. The molecule has 0 saturated carbocycles. The lowest BCUT2D eigenvalue weighted by molar-refractivity contribution is 0.391. The number of carbonyl (C=O) groups excluding carboxylic acids is 1. The first kappa shape index (κ1) is 10.3. The van der Waals surface area contributed by atoms with Crippen LogP contribution in [0.4, 0.5) is 0 Å². The van der Waals surface area contributed by atoms with Crippen molar-refractivity contribution in [3.8, 4) is 11.5 Å². The average Bonchev–Trinajstić information content (AvgIpc) is 2.26. The molecule has 0 heterocycles. The first-order chi connectivity index (χ1) is 6.81. The van der Waals surface area contributed by atoms with Crippen LogP contribution >= 0.6 is 0 Å². The van der Waals surface area contributed by atoms with Gasteiger partial charge in [0, 0.05) is 11.6 Å². The van der Waals surface area contributed by atoms with Crippen molar-refractivity contribution >= 4 is 6.08 Å². The van der Waals surface area contributed by atoms with Gasteiger partial charge < -0.3 is 9.47 Å². The van der Waals surface area contributed by atoms with E-state index in [4.69, 9.17) is 9.47 Å². The van der Waals surface area contributed by atoms with Crippen LogP contribution in [0.2, 0.25) is 0 Å². The predicted octanol–water partition coefficient (Wildman–Crippen LogP) is 1.54. The van der Waals surface area contributed by atoms with E-state index in [9.17, 15) is 4.79 Å². The van der Waals surface area contributed by atoms with E-state index >= 15 is 0 Å². The number of aliphatic imine (C=N–C) groups is 1. The van der Waals surface area contributed by atoms with Crippen LogP contribution in [0.15, 0.2) is 23.2 Å². The van der Waals surface area contributed by atoms with Gasteiger partial charge in [0.1, 0.15) is 11.5 Å². The van der Waals surface area contributed by atoms with E-state index in [0.717, 1.165) is 5.56 Å². The molecule has 1 rings (SSSR count). The number of hydrogen-bond acceptors (Lipinski definition) is 4. The van der Waals surface area contributed by atoms with Crippen molar-refractivity contribution in [2.45, 2.75) is 6.54 Å². The molecule has 0 atom stereocenters. The maximum Gasteiger partial charge on any atom is 0.235 e. The first-order valence-corrected chi connectivity index (χ1v) is 4.06. The van der Waals surface area contributed by atoms with Crippen molar-refractivity contribution in [2.24, 2.45) is 4.99 Å². The summed E-state index contributed by atoms with van der Waals surface area (Å²) in [5.74, 6) is 1.36. The number of rotatable bonds is 4. The molecule has 1 aromatic rings. The fourth-order valence-electron chi connectivity index (χ4n) is 1.10. The highest BCUT2D eigenvalue weighted by atomic mass is 16.5. The second kappa shape index (κ2) is 5.04. The van der Waals surface area contributed by atoms with Crippen LogP contribution in [0.25, 0.3) is 0 Å². The highest BCUT2D eigenvalue weighted by Crippen LogP contribution is 2.24. The molecule has 74 valence electrons. The topological polar surface area (TPSA) is 47.9 Å². The minimum atomic E-state index is 0.274. The van der Waals surface area contributed by atoms with Gasteiger partial charge in [0.2, 0.25) is 6.08 Å². The standard InChI is InChI=1S/C10H11NO3/c1-13-9-4-3-8(6-11-7-12)10(5-9)14-2/h3-5H,6H2,1-2H3. The van der Waals surface area contributed by atoms with Crippen LogP contribution in [-0.2, 0) is 11.3 Å². The number of methoxy groups -OCH3 is 2. The van der Waals surface area contributed by atoms with Gasteiger partial charge in [0.25, 0.3) is 0 Å². The van der Waals surface area contributed by atoms with Crippen LogP contribution in [0.1, 0.15) is 5.56 Å². The highest BCUT2D eigenvalue weighted by Gasteiger charge is 2.03. The number of hydrogen-bond donors (Lipinski definition) is 0. The zero-order valence-corrected chi connectivity index (χ0v) is 8.11. The van der Waals surface area contributed by atoms with Crippen LogP contribution in [0.3, 0.4) is 0 Å². The van der Waals surface area contributed by atoms with Gasteiger partial charge in [-0.25, -0.2) is 9.79 Å². The normalized spacial score (nSPS) is 9.00. The van der Waals surface area contributed by atoms with Gasteiger partial charge in [-0.15, -0.1) is 0 Å². The van der Waals surface area contributed by atoms with Gasteiger partial charge in [-0.2, -0.15) is 0 Å². The van der Waals surface area contributed by atoms with E-state index in [1.807, 2.05) is 0 Å². The van der Waals surface area contributed by atoms with Gasteiger partial charge in [-0.05, 0) is 12.1 Å². The summed E-state index contributed by atoms with van der Waals surface area (Å²) < 4.78 is 10.1. The second-order valence-electron chi connectivity index (χ2n) is 2.59. The lowest BCUT2D eigenvalue weighted by atomic mass is 10.2. The Kier molecular flexibility index (Phi) is 3.70. The van der Waals surface area contributed by atoms with Crippen LogP contribution in [0.5, 0.6) is 11.5 Å². The van der Waals surface area contributed by atoms with Crippen molar-refractivity contribution in [1.82, 2.24) is 0 Å². The molecule has 0 bridgehead atoms. The molecule has 0 N–H and O–H groups in total. The fraction of sp³-hybridized carbons (Fsp3) is 0.300. The molecule has 0 aliphatic rings. The molecule has 0 fully saturated rings. The van der Waals surface area contributed by atoms with E-state index in [1.54, 1.807) is 32.4 Å². The minimum Gasteiger partial charge on any atom is -0.497 e. The molecule has 4 heteroatoms. The third kappa shape index (κ3) is 2.34. The largest absolute Gasteiger partial charge is 0.497 e. The summed E-state index contributed by atoms with van der Waals surface area (Å²) in [7, 11) is 3.14. The van der Waals surface area contributed by atoms with Gasteiger partial charge >= 0.3 is 0 Å². The molecular formula is C10H11NO3. The Bertz CT molecular complexity index is 356. The maximum absolute atomic E-state index is 9.94. The Morgan fingerprint density at radius 1 is 1.36 bits per heavy atom. The summed E-state index contributed by atoms with van der Waals surface area (Å²) in [4.78, 5) is 13.4. The van der Waals surface area contributed by atoms with Gasteiger partial charge in [0.15, 0.2) is 0 Å². The molecule has 0 aliphatic heterocycles. The lowest BCUT2D eigenvalue weighted by Crippen LogP contribution is -1.92. The first-order valence-electron chi connectivity index (χ1n) is 4.06. The highest BCUT2D eigenvalue weighted by molar-refractivity contribution is 5.42. The molecule has 0 aliphatic carbocycles. The molecule has 14 heavy (non-hydrogen) atoms. The summed E-state index contributed by atoms with van der Waals surface area (Å²) in [6, 6.07) is 5.34. The molecule has 0 spiro atoms. The summed E-state index contributed by atoms with van der Waals surface area (Å²) in [6.45, 7) is 0.274. The Morgan fingerprint density at radius 3 is 2.71 bits per heavy atom. The van der Waals surface area contributed by atoms with E-state index in [0.29, 0.717) is 11.5 Å². The van der Waals surface area contributed by atoms with Crippen LogP contribution < -0.4 is 9.47 Å². The Hall–Kier alpha value is -1.80. The fourth-order valence-corrected chi connectivity index (χ4v) is 1.10. The van der Waals surface area contributed by atoms with E-state index in [2.05, 4.69) is 4.99 Å². The van der Waals surface area contributed by atoms with E-state index in [-0.39, 0.29) is 6.54 Å². The van der Waals surface area contributed by atoms with Crippen molar-refractivity contribution in [3.63, 3.8) is 0 Å². The smallest absolute Gasteiger partial charge is 0.235 e. The van der Waals surface area contributed by atoms with Crippen LogP contribution in [-0.4, -0.2) is 20.3 Å². The Morgan fingerprint density at radius 2 is 2.14 bits per heavy atom. The predicted molar refractivity (Wildman–Crippen MR) is 51.4 cm³/mol. The second-order valence-corrected chi connectivity index (χ2v) is 2.59. The lowest BCUT2D eigenvalue weighted by Gasteiger charge is -2.07. The summed E-state index contributed by atoms with van der Waals surface area (Å²) >= 11 is 0. The number of isocyanates is 1. The molecule has 0 amide bonds. The summed E-state index contributed by atoms with van der Waals surface area (Å²) in [6.07, 6.45) is 1.48. The zero-order chi connectivity index (χ0) is 10.4. The van der Waals surface area contributed by atoms with Crippen molar-refractivity contribution in [3.05, 3.63) is 23.8 Å². The number of nitrogens with zero attached hydrogens (tertiary/aromatic N) is 1. The molecule has 0 aromatic heterocycles. The average molecular weight is 193 g/mol. The maximum atomic E-state index is 9.94. The van der Waals surface area contributed by atoms with Crippen molar-refractivity contribution in [1.29, 1.82) is 0 Å². The van der Waals surface area contributed by atoms with Gasteiger partial charge in [-0.3, -0.25) is 0 Å². The molecule has 0 unspecified atom stereocenters. The van der Waals surface area contributed by atoms with Crippen molar-refractivity contribution in [2.75, 3.05) is 14.2 Å². The number of benzene rings is 1. The summed E-state index contributed by atoms with van der Waals surface area (Å²) in [5, 5.41) is 0. The van der Waals surface area contributed by atoms with Crippen LogP contribution in [0, 0.1) is 0 Å². The molecule has 1 aromatic carbocycles. The Balaban J connectivity index is 2.98. The third-order valence-corrected chi connectivity index (χ3v) is 1.81. The zero-order valence-electron chi connectivity index (χ0n) is 8.11. The molecule has 4 nitrogen and oxygen atoms in total. The van der Waals surface area contributed by atoms with Gasteiger partial charge in [-0.1, -0.05) is 0 Å². The molecule has 0 radical (unpaired) electrons. The monoisotopic (exact) mass is 193 g/mol. The minimum absolute atomic E-state index is 0.274. The quantitative estimate of drug-likeness (QED) is 0.538. The SMILES string of the molecule is COc1ccc(CN=C=O)c(OC)c1. The van der Waals surface area contributed by atoms with E-state index < -0.39 is 0 Å². The Labute approximate surface area is 82.2 Å². The molecule has 0 saturated heterocycles. The summed E-state index contributed by atoms with van der Waals surface area (Å²) in [5.41, 5.74) is 0.830. The van der Waals surface area contributed by atoms with E-state index in [1.165, 1.54) is 6.08 Å². The van der Waals surface area contributed by atoms with Crippen molar-refractivity contribution < 1.29 is 14.3 Å². The third-order valence-electron chi connectivity index (χ3n) is 1.81.